The van der Waals surface area contributed by atoms with Crippen molar-refractivity contribution < 1.29 is 0 Å². The summed E-state index contributed by atoms with van der Waals surface area (Å²) in [4.78, 5) is 0. The molecule has 0 heterocycles. The van der Waals surface area contributed by atoms with Crippen LogP contribution in [-0.2, 0) is 0 Å². The minimum atomic E-state index is 1.09. The number of rotatable bonds is 0. The van der Waals surface area contributed by atoms with E-state index >= 15 is 0 Å². The van der Waals surface area contributed by atoms with Gasteiger partial charge in [-0.2, -0.15) is 0 Å². The van der Waals surface area contributed by atoms with Crippen LogP contribution in [0.2, 0.25) is 0 Å². The minimum Gasteiger partial charge on any atom is -0.0458 e. The topological polar surface area (TPSA) is 0 Å². The third-order valence-corrected chi connectivity index (χ3v) is 28.4. The van der Waals surface area contributed by atoms with E-state index in [2.05, 4.69) is 0 Å². The highest BCUT2D eigenvalue weighted by atomic mass is 15.5. The summed E-state index contributed by atoms with van der Waals surface area (Å²) in [7, 11) is 0. The Bertz CT molecular complexity index is 1710. The maximum atomic E-state index is 1.81. The van der Waals surface area contributed by atoms with E-state index in [-0.39, 0.29) is 0 Å². The lowest BCUT2D eigenvalue weighted by Crippen LogP contribution is -3.47. The van der Waals surface area contributed by atoms with Crippen LogP contribution in [0.15, 0.2) is 0 Å². The molecule has 0 amide bonds. The fourth-order valence-corrected chi connectivity index (χ4v) is 34.7. The van der Waals surface area contributed by atoms with Crippen molar-refractivity contribution in [2.24, 2.45) is 177 Å². The molecule has 0 aromatic heterocycles. The molecule has 0 N–H and O–H groups in total. The first-order chi connectivity index (χ1) is 17.4. The maximum Gasteiger partial charge on any atom is -0.00478 e. The standard InChI is InChI=1S/C35H26/c1-5-14-7-3-11-18-20-19-12-4-8-15-6-2-10-17-13-16-9(1)23(5)27(16)21(13)28(17)24(6,10)31(15)26(8,12)33(19)29(20)22(35(28,31)33)34(27)30(14,23)25(7,11)32(18,29)34/h5-22H,1-4H2. The van der Waals surface area contributed by atoms with Crippen LogP contribution in [0, 0.1) is 177 Å². The highest BCUT2D eigenvalue weighted by Gasteiger charge is 3.49. The molecular formula is C35H26. The molecule has 23 saturated carbocycles. The summed E-state index contributed by atoms with van der Waals surface area (Å²) in [6, 6.07) is 0. The Kier molecular flexibility index (Phi) is 0.712. The van der Waals surface area contributed by atoms with Crippen LogP contribution in [0.1, 0.15) is 25.7 Å². The predicted molar refractivity (Wildman–Crippen MR) is 113 cm³/mol. The van der Waals surface area contributed by atoms with Crippen molar-refractivity contribution in [1.82, 2.24) is 0 Å². The molecule has 0 nitrogen and oxygen atoms in total. The van der Waals surface area contributed by atoms with E-state index in [1.165, 1.54) is 107 Å². The highest BCUT2D eigenvalue weighted by Crippen LogP contribution is 3.51. The summed E-state index contributed by atoms with van der Waals surface area (Å²) in [6.45, 7) is 0. The van der Waals surface area contributed by atoms with Gasteiger partial charge in [0, 0.05) is 0 Å². The van der Waals surface area contributed by atoms with Gasteiger partial charge in [-0.3, -0.25) is 0 Å². The molecule has 0 aliphatic heterocycles. The van der Waals surface area contributed by atoms with Crippen LogP contribution >= 0.6 is 0 Å². The van der Waals surface area contributed by atoms with Crippen LogP contribution in [-0.4, -0.2) is 0 Å². The van der Waals surface area contributed by atoms with Crippen LogP contribution in [0.25, 0.3) is 0 Å². The van der Waals surface area contributed by atoms with E-state index in [0.717, 1.165) is 70.4 Å². The van der Waals surface area contributed by atoms with Gasteiger partial charge < -0.3 is 0 Å². The van der Waals surface area contributed by atoms with Gasteiger partial charge in [0.15, 0.2) is 0 Å². The van der Waals surface area contributed by atoms with Gasteiger partial charge in [-0.25, -0.2) is 0 Å². The molecule has 23 aliphatic rings. The Morgan fingerprint density at radius 3 is 1.29 bits per heavy atom. The summed E-state index contributed by atoms with van der Waals surface area (Å²) in [5, 5.41) is 0. The first-order valence-corrected chi connectivity index (χ1v) is 17.4. The van der Waals surface area contributed by atoms with Gasteiger partial charge in [-0.1, -0.05) is 0 Å². The maximum absolute atomic E-state index is 1.81. The van der Waals surface area contributed by atoms with Gasteiger partial charge in [0.25, 0.3) is 0 Å². The summed E-state index contributed by atoms with van der Waals surface area (Å²) < 4.78 is 0. The number of hydrogen-bond acceptors (Lipinski definition) is 0. The fourth-order valence-electron chi connectivity index (χ4n) is 34.7. The average Bonchev–Trinajstić information content (AvgIpc) is 2.73. The van der Waals surface area contributed by atoms with Crippen LogP contribution in [0.4, 0.5) is 0 Å². The first kappa shape index (κ1) is 12.5. The summed E-state index contributed by atoms with van der Waals surface area (Å²) in [5.41, 5.74) is 14.4. The minimum absolute atomic E-state index is 1.09. The molecule has 35 heavy (non-hydrogen) atoms. The Morgan fingerprint density at radius 2 is 0.743 bits per heavy atom. The van der Waals surface area contributed by atoms with E-state index in [1.807, 2.05) is 0 Å². The van der Waals surface area contributed by atoms with Gasteiger partial charge in [-0.05, 0) is 203 Å². The van der Waals surface area contributed by atoms with Crippen molar-refractivity contribution in [3.05, 3.63) is 0 Å². The van der Waals surface area contributed by atoms with Gasteiger partial charge >= 0.3 is 0 Å². The molecule has 166 valence electrons. The lowest BCUT2D eigenvalue weighted by Gasteiger charge is -3.49. The Balaban J connectivity index is 1.03. The van der Waals surface area contributed by atoms with E-state index in [4.69, 9.17) is 0 Å². The fraction of sp³-hybridized carbons (Fsp3) is 1.00. The third-order valence-electron chi connectivity index (χ3n) is 28.4. The van der Waals surface area contributed by atoms with E-state index in [1.54, 1.807) is 25.7 Å². The lowest BCUT2D eigenvalue weighted by molar-refractivity contribution is -1.04. The van der Waals surface area contributed by atoms with Crippen molar-refractivity contribution in [1.29, 1.82) is 0 Å². The van der Waals surface area contributed by atoms with E-state index < -0.39 is 0 Å². The van der Waals surface area contributed by atoms with Crippen molar-refractivity contribution in [3.8, 4) is 0 Å². The molecule has 23 fully saturated rings. The molecule has 23 aliphatic carbocycles. The van der Waals surface area contributed by atoms with Crippen molar-refractivity contribution >= 4 is 0 Å². The second-order valence-electron chi connectivity index (χ2n) is 21.9. The quantitative estimate of drug-likeness (QED) is 0.531. The van der Waals surface area contributed by atoms with Gasteiger partial charge in [0.1, 0.15) is 0 Å². The Morgan fingerprint density at radius 1 is 0.314 bits per heavy atom. The lowest BCUT2D eigenvalue weighted by atomic mass is 8.53. The van der Waals surface area contributed by atoms with Gasteiger partial charge in [0.2, 0.25) is 0 Å². The van der Waals surface area contributed by atoms with Crippen molar-refractivity contribution in [2.45, 2.75) is 25.7 Å². The Labute approximate surface area is 202 Å². The largest absolute Gasteiger partial charge is 0.0458 e. The summed E-state index contributed by atoms with van der Waals surface area (Å²) in [6.07, 6.45) is 7.22. The second kappa shape index (κ2) is 2.00. The summed E-state index contributed by atoms with van der Waals surface area (Å²) >= 11 is 0. The van der Waals surface area contributed by atoms with Gasteiger partial charge in [0.05, 0.1) is 0 Å². The second-order valence-corrected chi connectivity index (χ2v) is 21.9. The summed E-state index contributed by atoms with van der Waals surface area (Å²) in [5.74, 6) is 24.7. The molecule has 0 bridgehead atoms. The predicted octanol–water partition coefficient (Wildman–Crippen LogP) is 3.77. The van der Waals surface area contributed by atoms with Crippen molar-refractivity contribution in [3.63, 3.8) is 0 Å². The van der Waals surface area contributed by atoms with Crippen LogP contribution in [0.5, 0.6) is 0 Å². The average molecular weight is 447 g/mol. The molecule has 26 atom stereocenters. The SMILES string of the molecule is C1C2C3C4C5C6CC7C8C9CC%10C%11C%12C%13C%14CC%15C%16C1C21C32C4C53C67C84C9%10C%115C%126C(C27C%161C%15%14C%1367)C345. The highest BCUT2D eigenvalue weighted by molar-refractivity contribution is 5.94. The van der Waals surface area contributed by atoms with Crippen LogP contribution < -0.4 is 0 Å². The molecule has 26 unspecified atom stereocenters. The zero-order valence-corrected chi connectivity index (χ0v) is 19.7. The smallest absolute Gasteiger partial charge is 0.00478 e. The van der Waals surface area contributed by atoms with E-state index in [9.17, 15) is 0 Å². The normalized spacial score (nSPS) is 130. The monoisotopic (exact) mass is 446 g/mol. The van der Waals surface area contributed by atoms with Crippen molar-refractivity contribution in [2.75, 3.05) is 0 Å². The zero-order valence-electron chi connectivity index (χ0n) is 19.7. The molecule has 0 saturated heterocycles. The zero-order chi connectivity index (χ0) is 19.7. The first-order valence-electron chi connectivity index (χ1n) is 17.4. The number of fused-ring (bicyclic) bond motifs is 12. The molecule has 13 spiro atoms. The van der Waals surface area contributed by atoms with Gasteiger partial charge in [-0.15, -0.1) is 0 Å². The third kappa shape index (κ3) is 0.316. The molecular weight excluding hydrogens is 420 g/mol. The Hall–Kier alpha value is 0. The molecule has 0 radical (unpaired) electrons. The molecule has 0 aromatic rings. The molecule has 0 aromatic carbocycles. The number of hydrogen-bond donors (Lipinski definition) is 0. The molecule has 0 heteroatoms. The van der Waals surface area contributed by atoms with E-state index in [0.29, 0.717) is 0 Å². The molecule has 23 rings (SSSR count). The van der Waals surface area contributed by atoms with Crippen LogP contribution in [0.3, 0.4) is 0 Å².